The van der Waals surface area contributed by atoms with Gasteiger partial charge in [0.2, 0.25) is 5.91 Å². The minimum Gasteiger partial charge on any atom is -0.398 e. The molecule has 3 N–H and O–H groups in total. The molecule has 2 aromatic carbocycles. The number of hydrogen-bond acceptors (Lipinski definition) is 3. The molecule has 21 heavy (non-hydrogen) atoms. The maximum absolute atomic E-state index is 12.0. The Bertz CT molecular complexity index is 677. The minimum atomic E-state index is -0.148. The Morgan fingerprint density at radius 2 is 2.00 bits per heavy atom. The van der Waals surface area contributed by atoms with E-state index < -0.39 is 0 Å². The molecule has 1 amide bonds. The second-order valence-electron chi connectivity index (χ2n) is 4.50. The van der Waals surface area contributed by atoms with Crippen LogP contribution in [-0.2, 0) is 4.79 Å². The molecule has 0 saturated carbocycles. The Labute approximate surface area is 137 Å². The average molecular weight is 341 g/mol. The van der Waals surface area contributed by atoms with E-state index in [0.717, 1.165) is 10.5 Å². The largest absolute Gasteiger partial charge is 0.398 e. The second-order valence-corrected chi connectivity index (χ2v) is 6.36. The summed E-state index contributed by atoms with van der Waals surface area (Å²) in [5.74, 6) is 0.0829. The standard InChI is InChI=1S/C15H14Cl2N2OS/c1-9-2-5-13(11(17)6-9)19-15(20)8-21-14-7-10(16)3-4-12(14)18/h2-7H,8,18H2,1H3,(H,19,20). The molecule has 0 unspecified atom stereocenters. The maximum Gasteiger partial charge on any atom is 0.234 e. The van der Waals surface area contributed by atoms with Crippen LogP contribution in [0.1, 0.15) is 5.56 Å². The predicted octanol–water partition coefficient (Wildman–Crippen LogP) is 4.61. The zero-order valence-corrected chi connectivity index (χ0v) is 13.6. The Morgan fingerprint density at radius 3 is 2.71 bits per heavy atom. The molecule has 0 atom stereocenters. The zero-order chi connectivity index (χ0) is 15.4. The number of benzene rings is 2. The van der Waals surface area contributed by atoms with Gasteiger partial charge in [0.15, 0.2) is 0 Å². The summed E-state index contributed by atoms with van der Waals surface area (Å²) in [7, 11) is 0. The summed E-state index contributed by atoms with van der Waals surface area (Å²) in [5, 5.41) is 3.89. The lowest BCUT2D eigenvalue weighted by Crippen LogP contribution is -2.14. The van der Waals surface area contributed by atoms with Gasteiger partial charge in [0.05, 0.1) is 16.5 Å². The van der Waals surface area contributed by atoms with Crippen LogP contribution in [-0.4, -0.2) is 11.7 Å². The number of nitrogens with two attached hydrogens (primary N) is 1. The van der Waals surface area contributed by atoms with Gasteiger partial charge in [-0.3, -0.25) is 4.79 Å². The summed E-state index contributed by atoms with van der Waals surface area (Å²) in [4.78, 5) is 12.7. The highest BCUT2D eigenvalue weighted by Crippen LogP contribution is 2.28. The van der Waals surface area contributed by atoms with Gasteiger partial charge in [-0.1, -0.05) is 29.3 Å². The van der Waals surface area contributed by atoms with Crippen molar-refractivity contribution in [3.05, 3.63) is 52.0 Å². The third-order valence-corrected chi connectivity index (χ3v) is 4.35. The topological polar surface area (TPSA) is 55.1 Å². The van der Waals surface area contributed by atoms with Gasteiger partial charge < -0.3 is 11.1 Å². The van der Waals surface area contributed by atoms with Crippen LogP contribution >= 0.6 is 35.0 Å². The molecule has 0 aliphatic carbocycles. The first kappa shape index (κ1) is 16.0. The quantitative estimate of drug-likeness (QED) is 0.630. The normalized spacial score (nSPS) is 10.4. The maximum atomic E-state index is 12.0. The lowest BCUT2D eigenvalue weighted by atomic mass is 10.2. The molecule has 3 nitrogen and oxygen atoms in total. The second kappa shape index (κ2) is 7.07. The van der Waals surface area contributed by atoms with E-state index in [9.17, 15) is 4.79 Å². The SMILES string of the molecule is Cc1ccc(NC(=O)CSc2cc(Cl)ccc2N)c(Cl)c1. The van der Waals surface area contributed by atoms with Crippen LogP contribution in [0.25, 0.3) is 0 Å². The van der Waals surface area contributed by atoms with E-state index in [1.54, 1.807) is 30.3 Å². The number of thioether (sulfide) groups is 1. The van der Waals surface area contributed by atoms with Crippen molar-refractivity contribution in [3.8, 4) is 0 Å². The van der Waals surface area contributed by atoms with Gasteiger partial charge in [0.1, 0.15) is 0 Å². The lowest BCUT2D eigenvalue weighted by molar-refractivity contribution is -0.113. The lowest BCUT2D eigenvalue weighted by Gasteiger charge is -2.09. The zero-order valence-electron chi connectivity index (χ0n) is 11.3. The summed E-state index contributed by atoms with van der Waals surface area (Å²) in [6.45, 7) is 1.94. The van der Waals surface area contributed by atoms with Crippen molar-refractivity contribution < 1.29 is 4.79 Å². The fourth-order valence-electron chi connectivity index (χ4n) is 1.68. The summed E-state index contributed by atoms with van der Waals surface area (Å²) in [5.41, 5.74) is 8.08. The van der Waals surface area contributed by atoms with Crippen LogP contribution in [0.3, 0.4) is 0 Å². The number of carbonyl (C=O) groups excluding carboxylic acids is 1. The first-order valence-electron chi connectivity index (χ1n) is 6.19. The molecule has 2 rings (SSSR count). The molecule has 0 fully saturated rings. The molecule has 2 aromatic rings. The molecule has 0 radical (unpaired) electrons. The summed E-state index contributed by atoms with van der Waals surface area (Å²) in [6.07, 6.45) is 0. The highest BCUT2D eigenvalue weighted by atomic mass is 35.5. The fraction of sp³-hybridized carbons (Fsp3) is 0.133. The number of halogens is 2. The monoisotopic (exact) mass is 340 g/mol. The number of anilines is 2. The fourth-order valence-corrected chi connectivity index (χ4v) is 3.01. The van der Waals surface area contributed by atoms with Gasteiger partial charge >= 0.3 is 0 Å². The molecule has 0 aliphatic rings. The van der Waals surface area contributed by atoms with Crippen molar-refractivity contribution in [2.45, 2.75) is 11.8 Å². The van der Waals surface area contributed by atoms with Crippen LogP contribution in [0.4, 0.5) is 11.4 Å². The summed E-state index contributed by atoms with van der Waals surface area (Å²) >= 11 is 13.3. The Kier molecular flexibility index (Phi) is 5.39. The van der Waals surface area contributed by atoms with Crippen molar-refractivity contribution in [2.75, 3.05) is 16.8 Å². The highest BCUT2D eigenvalue weighted by molar-refractivity contribution is 8.00. The highest BCUT2D eigenvalue weighted by Gasteiger charge is 2.08. The molecule has 0 heterocycles. The van der Waals surface area contributed by atoms with E-state index in [-0.39, 0.29) is 11.7 Å². The van der Waals surface area contributed by atoms with Crippen molar-refractivity contribution >= 4 is 52.2 Å². The van der Waals surface area contributed by atoms with E-state index in [4.69, 9.17) is 28.9 Å². The molecular weight excluding hydrogens is 327 g/mol. The van der Waals surface area contributed by atoms with Crippen molar-refractivity contribution in [3.63, 3.8) is 0 Å². The first-order valence-corrected chi connectivity index (χ1v) is 7.93. The molecule has 0 spiro atoms. The minimum absolute atomic E-state index is 0.148. The van der Waals surface area contributed by atoms with E-state index in [2.05, 4.69) is 5.32 Å². The van der Waals surface area contributed by atoms with Gasteiger partial charge in [-0.25, -0.2) is 0 Å². The molecule has 0 saturated heterocycles. The molecule has 110 valence electrons. The van der Waals surface area contributed by atoms with Crippen LogP contribution < -0.4 is 11.1 Å². The Morgan fingerprint density at radius 1 is 1.24 bits per heavy atom. The van der Waals surface area contributed by atoms with E-state index in [1.807, 2.05) is 13.0 Å². The number of carbonyl (C=O) groups is 1. The van der Waals surface area contributed by atoms with Crippen LogP contribution in [0.2, 0.25) is 10.0 Å². The molecule has 0 aromatic heterocycles. The predicted molar refractivity (Wildman–Crippen MR) is 91.4 cm³/mol. The summed E-state index contributed by atoms with van der Waals surface area (Å²) in [6, 6.07) is 10.7. The van der Waals surface area contributed by atoms with Gasteiger partial charge in [0, 0.05) is 15.6 Å². The molecule has 6 heteroatoms. The molecular formula is C15H14Cl2N2OS. The van der Waals surface area contributed by atoms with E-state index >= 15 is 0 Å². The molecule has 0 aliphatic heterocycles. The van der Waals surface area contributed by atoms with Crippen LogP contribution in [0.15, 0.2) is 41.3 Å². The number of hydrogen-bond donors (Lipinski definition) is 2. The van der Waals surface area contributed by atoms with Crippen LogP contribution in [0, 0.1) is 6.92 Å². The van der Waals surface area contributed by atoms with E-state index in [0.29, 0.717) is 21.4 Å². The van der Waals surface area contributed by atoms with Crippen molar-refractivity contribution in [1.82, 2.24) is 0 Å². The van der Waals surface area contributed by atoms with Gasteiger partial charge in [-0.05, 0) is 42.8 Å². The third kappa shape index (κ3) is 4.56. The number of rotatable bonds is 4. The smallest absolute Gasteiger partial charge is 0.234 e. The first-order chi connectivity index (χ1) is 9.95. The number of nitrogens with one attached hydrogen (secondary N) is 1. The van der Waals surface area contributed by atoms with Gasteiger partial charge in [-0.15, -0.1) is 11.8 Å². The van der Waals surface area contributed by atoms with Crippen LogP contribution in [0.5, 0.6) is 0 Å². The van der Waals surface area contributed by atoms with Crippen molar-refractivity contribution in [2.24, 2.45) is 0 Å². The van der Waals surface area contributed by atoms with E-state index in [1.165, 1.54) is 11.8 Å². The Balaban J connectivity index is 1.97. The number of amides is 1. The summed E-state index contributed by atoms with van der Waals surface area (Å²) < 4.78 is 0. The average Bonchev–Trinajstić information content (AvgIpc) is 2.43. The number of aryl methyl sites for hydroxylation is 1. The molecule has 0 bridgehead atoms. The van der Waals surface area contributed by atoms with Gasteiger partial charge in [0.25, 0.3) is 0 Å². The third-order valence-electron chi connectivity index (χ3n) is 2.73. The number of nitrogen functional groups attached to an aromatic ring is 1. The Hall–Kier alpha value is -1.36. The van der Waals surface area contributed by atoms with Crippen molar-refractivity contribution in [1.29, 1.82) is 0 Å². The van der Waals surface area contributed by atoms with Gasteiger partial charge in [-0.2, -0.15) is 0 Å².